The molecule has 0 spiro atoms. The van der Waals surface area contributed by atoms with Crippen molar-refractivity contribution in [2.75, 3.05) is 28.6 Å². The Bertz CT molecular complexity index is 919. The van der Waals surface area contributed by atoms with Gasteiger partial charge < -0.3 is 20.3 Å². The molecule has 0 aromatic heterocycles. The number of nitrogens with one attached hydrogen (secondary N) is 2. The third kappa shape index (κ3) is 5.29. The molecule has 1 saturated heterocycles. The van der Waals surface area contributed by atoms with E-state index in [2.05, 4.69) is 27.7 Å². The lowest BCUT2D eigenvalue weighted by Crippen LogP contribution is -2.20. The predicted molar refractivity (Wildman–Crippen MR) is 118 cm³/mol. The first-order valence-electron chi connectivity index (χ1n) is 9.96. The number of urea groups is 1. The van der Waals surface area contributed by atoms with Crippen LogP contribution in [0.25, 0.3) is 0 Å². The first-order chi connectivity index (χ1) is 14.3. The molecule has 1 aliphatic rings. The van der Waals surface area contributed by atoms with Crippen LogP contribution in [0.15, 0.2) is 78.9 Å². The van der Waals surface area contributed by atoms with Gasteiger partial charge in [-0.3, -0.25) is 0 Å². The van der Waals surface area contributed by atoms with Crippen molar-refractivity contribution in [1.82, 2.24) is 0 Å². The minimum Gasteiger partial charge on any atom is -0.489 e. The minimum absolute atomic E-state index is 0.267. The highest BCUT2D eigenvalue weighted by molar-refractivity contribution is 5.99. The van der Waals surface area contributed by atoms with Gasteiger partial charge in [0.15, 0.2) is 0 Å². The van der Waals surface area contributed by atoms with Gasteiger partial charge in [-0.2, -0.15) is 0 Å². The van der Waals surface area contributed by atoms with Crippen LogP contribution in [0.4, 0.5) is 21.9 Å². The van der Waals surface area contributed by atoms with Crippen molar-refractivity contribution in [3.8, 4) is 5.75 Å². The Morgan fingerprint density at radius 3 is 2.00 bits per heavy atom. The summed E-state index contributed by atoms with van der Waals surface area (Å²) in [6.07, 6.45) is 2.50. The summed E-state index contributed by atoms with van der Waals surface area (Å²) >= 11 is 0. The molecule has 1 aliphatic heterocycles. The number of nitrogens with zero attached hydrogens (tertiary/aromatic N) is 1. The zero-order valence-electron chi connectivity index (χ0n) is 16.3. The van der Waals surface area contributed by atoms with E-state index in [1.807, 2.05) is 66.7 Å². The predicted octanol–water partition coefficient (Wildman–Crippen LogP) is 5.51. The van der Waals surface area contributed by atoms with E-state index in [4.69, 9.17) is 4.74 Å². The summed E-state index contributed by atoms with van der Waals surface area (Å²) in [5, 5.41) is 5.71. The second kappa shape index (κ2) is 9.15. The lowest BCUT2D eigenvalue weighted by molar-refractivity contribution is 0.262. The zero-order valence-corrected chi connectivity index (χ0v) is 16.3. The van der Waals surface area contributed by atoms with Crippen molar-refractivity contribution in [2.24, 2.45) is 0 Å². The molecule has 2 amide bonds. The molecule has 0 bridgehead atoms. The van der Waals surface area contributed by atoms with E-state index in [1.54, 1.807) is 0 Å². The Hall–Kier alpha value is -3.47. The van der Waals surface area contributed by atoms with Gasteiger partial charge in [0.25, 0.3) is 0 Å². The molecule has 0 saturated carbocycles. The summed E-state index contributed by atoms with van der Waals surface area (Å²) < 4.78 is 5.77. The molecule has 1 fully saturated rings. The highest BCUT2D eigenvalue weighted by Gasteiger charge is 2.12. The van der Waals surface area contributed by atoms with Crippen molar-refractivity contribution < 1.29 is 9.53 Å². The number of carbonyl (C=O) groups excluding carboxylic acids is 1. The molecule has 0 atom stereocenters. The molecular formula is C24H25N3O2. The minimum atomic E-state index is -0.267. The van der Waals surface area contributed by atoms with Gasteiger partial charge in [-0.1, -0.05) is 30.3 Å². The summed E-state index contributed by atoms with van der Waals surface area (Å²) in [4.78, 5) is 14.6. The Morgan fingerprint density at radius 2 is 1.38 bits per heavy atom. The van der Waals surface area contributed by atoms with Gasteiger partial charge >= 0.3 is 6.03 Å². The van der Waals surface area contributed by atoms with Gasteiger partial charge in [0.1, 0.15) is 12.4 Å². The average molecular weight is 387 g/mol. The summed E-state index contributed by atoms with van der Waals surface area (Å²) in [6.45, 7) is 2.73. The number of rotatable bonds is 6. The topological polar surface area (TPSA) is 53.6 Å². The molecular weight excluding hydrogens is 362 g/mol. The smallest absolute Gasteiger partial charge is 0.323 e. The first kappa shape index (κ1) is 18.9. The van der Waals surface area contributed by atoms with Gasteiger partial charge in [-0.15, -0.1) is 0 Å². The maximum atomic E-state index is 12.3. The van der Waals surface area contributed by atoms with Gasteiger partial charge in [0.2, 0.25) is 0 Å². The molecule has 4 rings (SSSR count). The molecule has 0 unspecified atom stereocenters. The van der Waals surface area contributed by atoms with Crippen LogP contribution in [-0.2, 0) is 6.61 Å². The van der Waals surface area contributed by atoms with Crippen molar-refractivity contribution >= 4 is 23.1 Å². The van der Waals surface area contributed by atoms with Crippen molar-refractivity contribution in [2.45, 2.75) is 19.4 Å². The number of benzene rings is 3. The third-order valence-corrected chi connectivity index (χ3v) is 4.96. The standard InChI is InChI=1S/C24H25N3O2/c28-24(25-20-8-12-22(13-9-20)27-16-4-5-17-27)26-21-10-14-23(15-11-21)29-18-19-6-2-1-3-7-19/h1-3,6-15H,4-5,16-18H2,(H2,25,26,28). The molecule has 0 radical (unpaired) electrons. The Labute approximate surface area is 171 Å². The lowest BCUT2D eigenvalue weighted by Gasteiger charge is -2.17. The Balaban J connectivity index is 1.27. The van der Waals surface area contributed by atoms with Crippen molar-refractivity contribution in [1.29, 1.82) is 0 Å². The van der Waals surface area contributed by atoms with Gasteiger partial charge in [0, 0.05) is 30.2 Å². The molecule has 29 heavy (non-hydrogen) atoms. The number of anilines is 3. The Morgan fingerprint density at radius 1 is 0.793 bits per heavy atom. The molecule has 2 N–H and O–H groups in total. The van der Waals surface area contributed by atoms with Crippen LogP contribution in [0.2, 0.25) is 0 Å². The normalized spacial score (nSPS) is 13.2. The molecule has 0 aliphatic carbocycles. The second-order valence-corrected chi connectivity index (χ2v) is 7.12. The van der Waals surface area contributed by atoms with Gasteiger partial charge in [-0.25, -0.2) is 4.79 Å². The van der Waals surface area contributed by atoms with Crippen LogP contribution in [0.3, 0.4) is 0 Å². The van der Waals surface area contributed by atoms with Crippen LogP contribution in [0.5, 0.6) is 5.75 Å². The maximum Gasteiger partial charge on any atom is 0.323 e. The highest BCUT2D eigenvalue weighted by atomic mass is 16.5. The molecule has 5 nitrogen and oxygen atoms in total. The number of carbonyl (C=O) groups is 1. The molecule has 1 heterocycles. The quantitative estimate of drug-likeness (QED) is 0.586. The van der Waals surface area contributed by atoms with Gasteiger partial charge in [0.05, 0.1) is 0 Å². The van der Waals surface area contributed by atoms with E-state index in [1.165, 1.54) is 18.5 Å². The SMILES string of the molecule is O=C(Nc1ccc(OCc2ccccc2)cc1)Nc1ccc(N2CCCC2)cc1. The summed E-state index contributed by atoms with van der Waals surface area (Å²) in [5.74, 6) is 0.761. The van der Waals surface area contributed by atoms with Crippen LogP contribution in [0, 0.1) is 0 Å². The van der Waals surface area contributed by atoms with E-state index < -0.39 is 0 Å². The fraction of sp³-hybridized carbons (Fsp3) is 0.208. The largest absolute Gasteiger partial charge is 0.489 e. The molecule has 3 aromatic rings. The number of hydrogen-bond donors (Lipinski definition) is 2. The van der Waals surface area contributed by atoms with E-state index in [-0.39, 0.29) is 6.03 Å². The van der Waals surface area contributed by atoms with Crippen LogP contribution in [0.1, 0.15) is 18.4 Å². The first-order valence-corrected chi connectivity index (χ1v) is 9.96. The van der Waals surface area contributed by atoms with Crippen LogP contribution < -0.4 is 20.3 Å². The second-order valence-electron chi connectivity index (χ2n) is 7.12. The van der Waals surface area contributed by atoms with E-state index >= 15 is 0 Å². The fourth-order valence-electron chi connectivity index (χ4n) is 3.40. The molecule has 3 aromatic carbocycles. The van der Waals surface area contributed by atoms with Crippen LogP contribution in [-0.4, -0.2) is 19.1 Å². The summed E-state index contributed by atoms with van der Waals surface area (Å²) in [6, 6.07) is 25.1. The molecule has 148 valence electrons. The third-order valence-electron chi connectivity index (χ3n) is 4.96. The Kier molecular flexibility index (Phi) is 5.95. The average Bonchev–Trinajstić information content (AvgIpc) is 3.29. The summed E-state index contributed by atoms with van der Waals surface area (Å²) in [5.41, 5.74) is 3.81. The van der Waals surface area contributed by atoms with E-state index in [0.29, 0.717) is 12.3 Å². The van der Waals surface area contributed by atoms with Crippen LogP contribution >= 0.6 is 0 Å². The van der Waals surface area contributed by atoms with Gasteiger partial charge in [-0.05, 0) is 66.9 Å². The number of amides is 2. The summed E-state index contributed by atoms with van der Waals surface area (Å²) in [7, 11) is 0. The number of ether oxygens (including phenoxy) is 1. The van der Waals surface area contributed by atoms with E-state index in [9.17, 15) is 4.79 Å². The molecule has 5 heteroatoms. The monoisotopic (exact) mass is 387 g/mol. The zero-order chi connectivity index (χ0) is 19.9. The maximum absolute atomic E-state index is 12.3. The fourth-order valence-corrected chi connectivity index (χ4v) is 3.40. The number of hydrogen-bond acceptors (Lipinski definition) is 3. The van der Waals surface area contributed by atoms with E-state index in [0.717, 1.165) is 30.1 Å². The lowest BCUT2D eigenvalue weighted by atomic mass is 10.2. The highest BCUT2D eigenvalue weighted by Crippen LogP contribution is 2.22. The van der Waals surface area contributed by atoms with Crippen molar-refractivity contribution in [3.63, 3.8) is 0 Å². The van der Waals surface area contributed by atoms with Crippen molar-refractivity contribution in [3.05, 3.63) is 84.4 Å².